The van der Waals surface area contributed by atoms with Crippen LogP contribution in [-0.4, -0.2) is 12.8 Å². The molecule has 1 rings (SSSR count). The Morgan fingerprint density at radius 2 is 1.67 bits per heavy atom. The van der Waals surface area contributed by atoms with Gasteiger partial charge in [0.1, 0.15) is 0 Å². The van der Waals surface area contributed by atoms with Crippen molar-refractivity contribution in [2.75, 3.05) is 0 Å². The Morgan fingerprint density at radius 1 is 1.22 bits per heavy atom. The second-order valence-electron chi connectivity index (χ2n) is 1.15. The lowest BCUT2D eigenvalue weighted by Crippen LogP contribution is -1.58. The first-order valence-corrected chi connectivity index (χ1v) is 2.36. The van der Waals surface area contributed by atoms with Gasteiger partial charge in [0.25, 0.3) is 0 Å². The molecule has 0 aromatic carbocycles. The maximum Gasteiger partial charge on any atom is 0.229 e. The van der Waals surface area contributed by atoms with Gasteiger partial charge in [0.05, 0.1) is 0 Å². The van der Waals surface area contributed by atoms with E-state index in [9.17, 15) is 0 Å². The highest BCUT2D eigenvalue weighted by Crippen LogP contribution is 1.73. The largest absolute Gasteiger partial charge is 0.265 e. The van der Waals surface area contributed by atoms with E-state index in [0.29, 0.717) is 0 Å². The smallest absolute Gasteiger partial charge is 0.229 e. The highest BCUT2D eigenvalue weighted by atomic mass is 14.6. The van der Waals surface area contributed by atoms with Gasteiger partial charge in [-0.05, 0) is 18.1 Å². The molecule has 0 aliphatic rings. The molecule has 2 nitrogen and oxygen atoms in total. The summed E-state index contributed by atoms with van der Waals surface area (Å²) in [4.78, 5) is 3.78. The minimum absolute atomic E-state index is 1.25. The number of nitrogens with zero attached hydrogens (tertiary/aromatic N) is 2. The van der Waals surface area contributed by atoms with Crippen LogP contribution < -0.4 is 0 Å². The van der Waals surface area contributed by atoms with Crippen molar-refractivity contribution < 1.29 is 0 Å². The molecule has 0 aliphatic carbocycles. The molecular weight excluding hydrogens is 111 g/mol. The minimum atomic E-state index is 1.25. The monoisotopic (exact) mass is 116 g/mol. The number of rotatable bonds is 0. The summed E-state index contributed by atoms with van der Waals surface area (Å²) in [5, 5.41) is 7.10. The van der Waals surface area contributed by atoms with E-state index in [1.807, 2.05) is 18.2 Å². The van der Waals surface area contributed by atoms with Crippen molar-refractivity contribution in [3.05, 3.63) is 30.6 Å². The lowest BCUT2D eigenvalue weighted by atomic mass is 10.2. The molecule has 0 amide bonds. The van der Waals surface area contributed by atoms with Crippen molar-refractivity contribution in [3.8, 4) is 5.97 Å². The van der Waals surface area contributed by atoms with E-state index in [4.69, 9.17) is 5.26 Å². The Balaban J connectivity index is 0.000000187. The van der Waals surface area contributed by atoms with Crippen LogP contribution in [0.1, 0.15) is 0 Å². The van der Waals surface area contributed by atoms with E-state index in [1.165, 1.54) is 5.97 Å². The molecule has 9 heavy (non-hydrogen) atoms. The summed E-state index contributed by atoms with van der Waals surface area (Å²) in [5.74, 6) is 1.25. The summed E-state index contributed by atoms with van der Waals surface area (Å²) < 4.78 is 0. The summed E-state index contributed by atoms with van der Waals surface area (Å²) in [6.07, 6.45) is 3.50. The van der Waals surface area contributed by atoms with Crippen LogP contribution in [0, 0.1) is 11.2 Å². The Morgan fingerprint density at radius 3 is 1.78 bits per heavy atom. The van der Waals surface area contributed by atoms with E-state index in [-0.39, 0.29) is 0 Å². The SMILES string of the molecule is [B]C#N.c1ccncc1. The molecule has 0 bridgehead atoms. The molecule has 3 heteroatoms. The molecule has 0 N–H and O–H groups in total. The first kappa shape index (κ1) is 7.70. The number of hydrogen-bond acceptors (Lipinski definition) is 2. The van der Waals surface area contributed by atoms with Crippen LogP contribution in [0.25, 0.3) is 0 Å². The quantitative estimate of drug-likeness (QED) is 0.468. The number of aromatic nitrogens is 1. The average molecular weight is 116 g/mol. The van der Waals surface area contributed by atoms with Crippen LogP contribution in [0.3, 0.4) is 0 Å². The Kier molecular flexibility index (Phi) is 5.74. The zero-order valence-corrected chi connectivity index (χ0v) is 4.86. The maximum absolute atomic E-state index is 7.10. The van der Waals surface area contributed by atoms with Crippen LogP contribution in [-0.2, 0) is 0 Å². The van der Waals surface area contributed by atoms with Gasteiger partial charge in [0.2, 0.25) is 7.85 Å². The third-order valence-corrected chi connectivity index (χ3v) is 0.566. The zero-order valence-electron chi connectivity index (χ0n) is 4.86. The van der Waals surface area contributed by atoms with Crippen molar-refractivity contribution in [3.63, 3.8) is 0 Å². The maximum atomic E-state index is 7.10. The summed E-state index contributed by atoms with van der Waals surface area (Å²) in [7, 11) is 4.15. The summed E-state index contributed by atoms with van der Waals surface area (Å²) in [5.41, 5.74) is 0. The molecule has 0 saturated carbocycles. The highest BCUT2D eigenvalue weighted by molar-refractivity contribution is 6.20. The Hall–Kier alpha value is -1.30. The van der Waals surface area contributed by atoms with Gasteiger partial charge < -0.3 is 0 Å². The van der Waals surface area contributed by atoms with Crippen LogP contribution in [0.2, 0.25) is 0 Å². The van der Waals surface area contributed by atoms with E-state index in [0.717, 1.165) is 0 Å². The highest BCUT2D eigenvalue weighted by Gasteiger charge is 1.58. The van der Waals surface area contributed by atoms with E-state index in [1.54, 1.807) is 12.4 Å². The van der Waals surface area contributed by atoms with E-state index >= 15 is 0 Å². The standard InChI is InChI=1S/C5H5N.CBN/c1-2-4-6-5-3-1;2-1-3/h1-5H;. The predicted molar refractivity (Wildman–Crippen MR) is 35.6 cm³/mol. The van der Waals surface area contributed by atoms with Crippen molar-refractivity contribution in [1.82, 2.24) is 4.98 Å². The molecule has 1 aromatic rings. The third-order valence-electron chi connectivity index (χ3n) is 0.566. The second kappa shape index (κ2) is 6.70. The fourth-order valence-corrected chi connectivity index (χ4v) is 0.313. The van der Waals surface area contributed by atoms with Crippen LogP contribution >= 0.6 is 0 Å². The minimum Gasteiger partial charge on any atom is -0.265 e. The summed E-state index contributed by atoms with van der Waals surface area (Å²) in [6, 6.07) is 5.72. The molecule has 0 fully saturated rings. The fourth-order valence-electron chi connectivity index (χ4n) is 0.313. The summed E-state index contributed by atoms with van der Waals surface area (Å²) >= 11 is 0. The van der Waals surface area contributed by atoms with Crippen LogP contribution in [0.15, 0.2) is 30.6 Å². The Labute approximate surface area is 55.6 Å². The molecule has 0 aliphatic heterocycles. The average Bonchev–Trinajstić information content (AvgIpc) is 1.93. The third kappa shape index (κ3) is 6.70. The van der Waals surface area contributed by atoms with Crippen LogP contribution in [0.4, 0.5) is 0 Å². The number of pyridine rings is 1. The van der Waals surface area contributed by atoms with E-state index in [2.05, 4.69) is 12.8 Å². The zero-order chi connectivity index (χ0) is 6.95. The van der Waals surface area contributed by atoms with Gasteiger partial charge >= 0.3 is 0 Å². The number of hydrogen-bond donors (Lipinski definition) is 0. The van der Waals surface area contributed by atoms with Crippen molar-refractivity contribution in [2.24, 2.45) is 0 Å². The number of nitriles is 1. The molecular formula is C6H5BN2. The summed E-state index contributed by atoms with van der Waals surface area (Å²) in [6.45, 7) is 0. The first-order chi connectivity index (χ1) is 4.41. The predicted octanol–water partition coefficient (Wildman–Crippen LogP) is 0.718. The van der Waals surface area contributed by atoms with Gasteiger partial charge in [-0.3, -0.25) is 4.98 Å². The van der Waals surface area contributed by atoms with Gasteiger partial charge in [-0.15, -0.1) is 0 Å². The van der Waals surface area contributed by atoms with Crippen molar-refractivity contribution >= 4 is 7.85 Å². The molecule has 1 heterocycles. The molecule has 0 spiro atoms. The Bertz CT molecular complexity index is 141. The molecule has 42 valence electrons. The van der Waals surface area contributed by atoms with Gasteiger partial charge in [-0.2, -0.15) is 0 Å². The molecule has 2 radical (unpaired) electrons. The molecule has 1 aromatic heterocycles. The fraction of sp³-hybridized carbons (Fsp3) is 0. The normalized spacial score (nSPS) is 6.11. The second-order valence-corrected chi connectivity index (χ2v) is 1.15. The lowest BCUT2D eigenvalue weighted by molar-refractivity contribution is 1.33. The molecule has 0 unspecified atom stereocenters. The first-order valence-electron chi connectivity index (χ1n) is 2.36. The lowest BCUT2D eigenvalue weighted by Gasteiger charge is -1.70. The van der Waals surface area contributed by atoms with E-state index < -0.39 is 0 Å². The van der Waals surface area contributed by atoms with Gasteiger partial charge in [-0.1, -0.05) is 6.07 Å². The topological polar surface area (TPSA) is 36.7 Å². The van der Waals surface area contributed by atoms with Crippen LogP contribution in [0.5, 0.6) is 0 Å². The van der Waals surface area contributed by atoms with Crippen molar-refractivity contribution in [1.29, 1.82) is 5.26 Å². The van der Waals surface area contributed by atoms with Gasteiger partial charge in [-0.25, -0.2) is 5.26 Å². The van der Waals surface area contributed by atoms with Crippen molar-refractivity contribution in [2.45, 2.75) is 0 Å². The van der Waals surface area contributed by atoms with Gasteiger partial charge in [0, 0.05) is 12.4 Å². The molecule has 0 saturated heterocycles. The molecule has 0 atom stereocenters. The van der Waals surface area contributed by atoms with Gasteiger partial charge in [0.15, 0.2) is 0 Å².